The van der Waals surface area contributed by atoms with Gasteiger partial charge in [-0.25, -0.2) is 5.43 Å². The lowest BCUT2D eigenvalue weighted by Gasteiger charge is -2.11. The van der Waals surface area contributed by atoms with Crippen LogP contribution in [0.2, 0.25) is 5.02 Å². The summed E-state index contributed by atoms with van der Waals surface area (Å²) in [6.45, 7) is 0. The van der Waals surface area contributed by atoms with E-state index in [4.69, 9.17) is 11.6 Å². The van der Waals surface area contributed by atoms with Crippen molar-refractivity contribution in [3.05, 3.63) is 92.7 Å². The average Bonchev–Trinajstić information content (AvgIpc) is 2.75. The third-order valence-electron chi connectivity index (χ3n) is 4.07. The number of carbonyl (C=O) groups is 2. The number of hydrogen-bond acceptors (Lipinski definition) is 4. The molecule has 0 saturated carbocycles. The predicted molar refractivity (Wildman–Crippen MR) is 118 cm³/mol. The fraction of sp³-hybridized carbons (Fsp3) is 0.0476. The molecular weight excluding hydrogens is 513 g/mol. The Morgan fingerprint density at radius 1 is 1.09 bits per heavy atom. The van der Waals surface area contributed by atoms with Crippen molar-refractivity contribution < 1.29 is 22.8 Å². The number of nitrogens with zero attached hydrogens (tertiary/aromatic N) is 2. The standard InChI is InChI=1S/C21H13BrClF3N4O2/c22-14-4-6-18(29-19(31)13-2-1-7-27-11-13)15(9-14)20(32)30-28-10-12-3-5-17(23)16(8-12)21(24,25)26/h1-11H,(H,29,31)(H,30,32). The number of alkyl halides is 3. The number of carbonyl (C=O) groups excluding carboxylic acids is 2. The Morgan fingerprint density at radius 3 is 2.56 bits per heavy atom. The number of halogens is 5. The number of hydrogen-bond donors (Lipinski definition) is 2. The molecule has 3 rings (SSSR count). The number of benzene rings is 2. The topological polar surface area (TPSA) is 83.5 Å². The van der Waals surface area contributed by atoms with Crippen LogP contribution in [0.5, 0.6) is 0 Å². The van der Waals surface area contributed by atoms with Crippen molar-refractivity contribution in [3.8, 4) is 0 Å². The Kier molecular flexibility index (Phi) is 7.26. The molecule has 0 bridgehead atoms. The Morgan fingerprint density at radius 2 is 1.88 bits per heavy atom. The van der Waals surface area contributed by atoms with Crippen molar-refractivity contribution in [2.45, 2.75) is 6.18 Å². The minimum Gasteiger partial charge on any atom is -0.321 e. The average molecular weight is 526 g/mol. The summed E-state index contributed by atoms with van der Waals surface area (Å²) in [7, 11) is 0. The highest BCUT2D eigenvalue weighted by Gasteiger charge is 2.33. The van der Waals surface area contributed by atoms with Crippen molar-refractivity contribution in [2.24, 2.45) is 5.10 Å². The van der Waals surface area contributed by atoms with Gasteiger partial charge in [0, 0.05) is 16.9 Å². The van der Waals surface area contributed by atoms with Gasteiger partial charge in [-0.2, -0.15) is 18.3 Å². The third-order valence-corrected chi connectivity index (χ3v) is 4.90. The van der Waals surface area contributed by atoms with E-state index in [1.807, 2.05) is 0 Å². The Balaban J connectivity index is 1.77. The van der Waals surface area contributed by atoms with Gasteiger partial charge in [0.2, 0.25) is 0 Å². The van der Waals surface area contributed by atoms with Crippen LogP contribution in [0.1, 0.15) is 31.8 Å². The first kappa shape index (κ1) is 23.4. The minimum absolute atomic E-state index is 0.0841. The number of nitrogens with one attached hydrogen (secondary N) is 2. The van der Waals surface area contributed by atoms with Gasteiger partial charge >= 0.3 is 6.18 Å². The molecule has 32 heavy (non-hydrogen) atoms. The number of aromatic nitrogens is 1. The van der Waals surface area contributed by atoms with E-state index in [2.05, 4.69) is 36.8 Å². The molecule has 164 valence electrons. The summed E-state index contributed by atoms with van der Waals surface area (Å²) >= 11 is 8.84. The maximum Gasteiger partial charge on any atom is 0.417 e. The number of hydrazone groups is 1. The van der Waals surface area contributed by atoms with E-state index in [1.54, 1.807) is 18.2 Å². The van der Waals surface area contributed by atoms with Crippen LogP contribution in [-0.4, -0.2) is 23.0 Å². The third kappa shape index (κ3) is 5.92. The molecule has 2 aromatic carbocycles. The van der Waals surface area contributed by atoms with Crippen LogP contribution < -0.4 is 10.7 Å². The zero-order valence-corrected chi connectivity index (χ0v) is 18.3. The molecule has 3 aromatic rings. The van der Waals surface area contributed by atoms with Gasteiger partial charge in [-0.05, 0) is 48.0 Å². The van der Waals surface area contributed by atoms with Crippen molar-refractivity contribution in [3.63, 3.8) is 0 Å². The maximum atomic E-state index is 13.0. The maximum absolute atomic E-state index is 13.0. The minimum atomic E-state index is -4.62. The molecular formula is C21H13BrClF3N4O2. The van der Waals surface area contributed by atoms with E-state index in [1.165, 1.54) is 30.6 Å². The van der Waals surface area contributed by atoms with Crippen LogP contribution in [0.15, 0.2) is 70.5 Å². The summed E-state index contributed by atoms with van der Waals surface area (Å²) in [6.07, 6.45) is -0.678. The molecule has 0 aliphatic carbocycles. The van der Waals surface area contributed by atoms with Gasteiger partial charge in [0.15, 0.2) is 0 Å². The first-order valence-corrected chi connectivity index (χ1v) is 10.0. The van der Waals surface area contributed by atoms with Crippen molar-refractivity contribution >= 4 is 51.2 Å². The number of rotatable bonds is 5. The molecule has 0 spiro atoms. The molecule has 2 N–H and O–H groups in total. The van der Waals surface area contributed by atoms with Crippen molar-refractivity contribution in [1.82, 2.24) is 10.4 Å². The molecule has 11 heteroatoms. The van der Waals surface area contributed by atoms with Crippen LogP contribution in [0.4, 0.5) is 18.9 Å². The van der Waals surface area contributed by atoms with Crippen LogP contribution in [0, 0.1) is 0 Å². The molecule has 0 unspecified atom stereocenters. The Labute approximate surface area is 193 Å². The second-order valence-corrected chi connectivity index (χ2v) is 7.64. The van der Waals surface area contributed by atoms with E-state index in [0.717, 1.165) is 18.3 Å². The van der Waals surface area contributed by atoms with Crippen molar-refractivity contribution in [2.75, 3.05) is 5.32 Å². The normalized spacial score (nSPS) is 11.4. The molecule has 0 atom stereocenters. The number of anilines is 1. The van der Waals surface area contributed by atoms with Gasteiger partial charge in [0.1, 0.15) is 0 Å². The summed E-state index contributed by atoms with van der Waals surface area (Å²) in [5, 5.41) is 5.88. The highest BCUT2D eigenvalue weighted by molar-refractivity contribution is 9.10. The van der Waals surface area contributed by atoms with E-state index >= 15 is 0 Å². The second kappa shape index (κ2) is 9.92. The lowest BCUT2D eigenvalue weighted by molar-refractivity contribution is -0.137. The first-order chi connectivity index (χ1) is 15.1. The molecule has 0 fully saturated rings. The fourth-order valence-electron chi connectivity index (χ4n) is 2.57. The van der Waals surface area contributed by atoms with Gasteiger partial charge in [-0.1, -0.05) is 33.6 Å². The van der Waals surface area contributed by atoms with Crippen LogP contribution in [-0.2, 0) is 6.18 Å². The van der Waals surface area contributed by atoms with Crippen LogP contribution in [0.3, 0.4) is 0 Å². The molecule has 0 radical (unpaired) electrons. The molecule has 0 aliphatic rings. The smallest absolute Gasteiger partial charge is 0.321 e. The quantitative estimate of drug-likeness (QED) is 0.339. The number of pyridine rings is 1. The monoisotopic (exact) mass is 524 g/mol. The summed E-state index contributed by atoms with van der Waals surface area (Å²) < 4.78 is 39.5. The van der Waals surface area contributed by atoms with Gasteiger partial charge in [-0.15, -0.1) is 0 Å². The largest absolute Gasteiger partial charge is 0.417 e. The molecule has 6 nitrogen and oxygen atoms in total. The van der Waals surface area contributed by atoms with Gasteiger partial charge in [-0.3, -0.25) is 14.6 Å². The molecule has 0 aliphatic heterocycles. The molecule has 0 saturated heterocycles. The summed E-state index contributed by atoms with van der Waals surface area (Å²) in [4.78, 5) is 28.9. The van der Waals surface area contributed by atoms with E-state index in [-0.39, 0.29) is 16.8 Å². The predicted octanol–water partition coefficient (Wildman–Crippen LogP) is 5.53. The summed E-state index contributed by atoms with van der Waals surface area (Å²) in [5.41, 5.74) is 1.89. The summed E-state index contributed by atoms with van der Waals surface area (Å²) in [6, 6.07) is 11.0. The second-order valence-electron chi connectivity index (χ2n) is 6.32. The molecule has 2 amide bonds. The van der Waals surface area contributed by atoms with E-state index in [0.29, 0.717) is 10.0 Å². The Bertz CT molecular complexity index is 1190. The lowest BCUT2D eigenvalue weighted by atomic mass is 10.1. The van der Waals surface area contributed by atoms with E-state index in [9.17, 15) is 22.8 Å². The van der Waals surface area contributed by atoms with E-state index < -0.39 is 28.6 Å². The van der Waals surface area contributed by atoms with Gasteiger partial charge in [0.05, 0.1) is 33.6 Å². The number of amides is 2. The van der Waals surface area contributed by atoms with Crippen molar-refractivity contribution in [1.29, 1.82) is 0 Å². The SMILES string of the molecule is O=C(Nc1ccc(Br)cc1C(=O)NN=Cc1ccc(Cl)c(C(F)(F)F)c1)c1cccnc1. The van der Waals surface area contributed by atoms with Crippen LogP contribution >= 0.6 is 27.5 Å². The summed E-state index contributed by atoms with van der Waals surface area (Å²) in [5.74, 6) is -1.16. The lowest BCUT2D eigenvalue weighted by Crippen LogP contribution is -2.21. The fourth-order valence-corrected chi connectivity index (χ4v) is 3.16. The zero-order chi connectivity index (χ0) is 23.3. The van der Waals surface area contributed by atoms with Gasteiger partial charge in [0.25, 0.3) is 11.8 Å². The van der Waals surface area contributed by atoms with Gasteiger partial charge < -0.3 is 5.32 Å². The Hall–Kier alpha value is -3.24. The first-order valence-electron chi connectivity index (χ1n) is 8.86. The zero-order valence-electron chi connectivity index (χ0n) is 16.0. The highest BCUT2D eigenvalue weighted by Crippen LogP contribution is 2.34. The van der Waals surface area contributed by atoms with Crippen LogP contribution in [0.25, 0.3) is 0 Å². The molecule has 1 aromatic heterocycles. The molecule has 1 heterocycles. The highest BCUT2D eigenvalue weighted by atomic mass is 79.9.